The van der Waals surface area contributed by atoms with Crippen LogP contribution in [0.15, 0.2) is 17.0 Å². The second-order valence-electron chi connectivity index (χ2n) is 5.81. The summed E-state index contributed by atoms with van der Waals surface area (Å²) in [6, 6.07) is 3.32. The number of sulfonamides is 1. The van der Waals surface area contributed by atoms with Gasteiger partial charge in [0, 0.05) is 17.1 Å². The van der Waals surface area contributed by atoms with E-state index in [1.807, 2.05) is 40.7 Å². The van der Waals surface area contributed by atoms with Crippen LogP contribution in [0.4, 0.5) is 0 Å². The molecule has 0 fully saturated rings. The van der Waals surface area contributed by atoms with Gasteiger partial charge in [-0.1, -0.05) is 25.4 Å². The third kappa shape index (κ3) is 4.95. The Labute approximate surface area is 133 Å². The van der Waals surface area contributed by atoms with Crippen LogP contribution in [0.25, 0.3) is 0 Å². The SMILES string of the molecule is CCNCc1cc(Cl)cc(S(=O)(=O)NC(C)(C)CC)c1C. The highest BCUT2D eigenvalue weighted by molar-refractivity contribution is 7.89. The normalized spacial score (nSPS) is 12.7. The van der Waals surface area contributed by atoms with Gasteiger partial charge in [0.2, 0.25) is 10.0 Å². The lowest BCUT2D eigenvalue weighted by molar-refractivity contribution is 0.439. The number of benzene rings is 1. The quantitative estimate of drug-likeness (QED) is 0.806. The zero-order valence-corrected chi connectivity index (χ0v) is 15.0. The molecule has 0 aliphatic carbocycles. The standard InChI is InChI=1S/C15H25ClN2O2S/c1-6-15(4,5)18-21(19,20)14-9-13(16)8-12(11(14)3)10-17-7-2/h8-9,17-18H,6-7,10H2,1-5H3. The maximum absolute atomic E-state index is 12.6. The summed E-state index contributed by atoms with van der Waals surface area (Å²) in [4.78, 5) is 0.254. The first-order valence-electron chi connectivity index (χ1n) is 7.16. The van der Waals surface area contributed by atoms with Crippen molar-refractivity contribution in [2.75, 3.05) is 6.54 Å². The molecule has 0 amide bonds. The summed E-state index contributed by atoms with van der Waals surface area (Å²) in [5.41, 5.74) is 1.15. The molecule has 0 radical (unpaired) electrons. The second kappa shape index (κ2) is 7.09. The fraction of sp³-hybridized carbons (Fsp3) is 0.600. The van der Waals surface area contributed by atoms with Crippen molar-refractivity contribution in [3.8, 4) is 0 Å². The van der Waals surface area contributed by atoms with Gasteiger partial charge in [0.25, 0.3) is 0 Å². The first kappa shape index (κ1) is 18.4. The van der Waals surface area contributed by atoms with Gasteiger partial charge in [-0.2, -0.15) is 0 Å². The van der Waals surface area contributed by atoms with E-state index < -0.39 is 15.6 Å². The molecular weight excluding hydrogens is 308 g/mol. The molecule has 0 aliphatic heterocycles. The van der Waals surface area contributed by atoms with Gasteiger partial charge in [-0.05, 0) is 57.0 Å². The molecule has 6 heteroatoms. The van der Waals surface area contributed by atoms with Crippen LogP contribution in [0.5, 0.6) is 0 Å². The summed E-state index contributed by atoms with van der Waals surface area (Å²) < 4.78 is 28.0. The summed E-state index contributed by atoms with van der Waals surface area (Å²) in [6.07, 6.45) is 0.704. The Morgan fingerprint density at radius 1 is 1.24 bits per heavy atom. The lowest BCUT2D eigenvalue weighted by atomic mass is 10.0. The minimum absolute atomic E-state index is 0.254. The molecule has 0 aliphatic rings. The Morgan fingerprint density at radius 2 is 1.86 bits per heavy atom. The Balaban J connectivity index is 3.26. The number of halogens is 1. The molecule has 0 atom stereocenters. The lowest BCUT2D eigenvalue weighted by Gasteiger charge is -2.25. The molecular formula is C15H25ClN2O2S. The van der Waals surface area contributed by atoms with Crippen LogP contribution in [0, 0.1) is 6.92 Å². The van der Waals surface area contributed by atoms with Gasteiger partial charge in [0.05, 0.1) is 4.90 Å². The minimum atomic E-state index is -3.59. The van der Waals surface area contributed by atoms with E-state index in [9.17, 15) is 8.42 Å². The fourth-order valence-corrected chi connectivity index (χ4v) is 4.02. The van der Waals surface area contributed by atoms with Gasteiger partial charge in [0.15, 0.2) is 0 Å². The predicted molar refractivity (Wildman–Crippen MR) is 88.3 cm³/mol. The van der Waals surface area contributed by atoms with Crippen molar-refractivity contribution in [2.24, 2.45) is 0 Å². The van der Waals surface area contributed by atoms with Crippen molar-refractivity contribution in [1.82, 2.24) is 10.0 Å². The molecule has 120 valence electrons. The molecule has 0 unspecified atom stereocenters. The zero-order valence-electron chi connectivity index (χ0n) is 13.4. The molecule has 2 N–H and O–H groups in total. The minimum Gasteiger partial charge on any atom is -0.313 e. The van der Waals surface area contributed by atoms with Crippen molar-refractivity contribution in [3.05, 3.63) is 28.3 Å². The molecule has 1 aromatic rings. The van der Waals surface area contributed by atoms with Gasteiger partial charge in [0.1, 0.15) is 0 Å². The van der Waals surface area contributed by atoms with Crippen LogP contribution in [0.2, 0.25) is 5.02 Å². The molecule has 0 heterocycles. The number of rotatable bonds is 7. The molecule has 1 rings (SSSR count). The molecule has 21 heavy (non-hydrogen) atoms. The molecule has 0 saturated carbocycles. The van der Waals surface area contributed by atoms with E-state index in [4.69, 9.17) is 11.6 Å². The summed E-state index contributed by atoms with van der Waals surface area (Å²) in [6.45, 7) is 10.9. The van der Waals surface area contributed by atoms with Gasteiger partial charge in [-0.15, -0.1) is 0 Å². The Bertz CT molecular complexity index is 598. The molecule has 1 aromatic carbocycles. The third-order valence-corrected chi connectivity index (χ3v) is 5.62. The Kier molecular flexibility index (Phi) is 6.23. The van der Waals surface area contributed by atoms with Crippen LogP contribution in [-0.2, 0) is 16.6 Å². The average Bonchev–Trinajstić information content (AvgIpc) is 2.38. The van der Waals surface area contributed by atoms with E-state index in [0.717, 1.165) is 17.7 Å². The van der Waals surface area contributed by atoms with Gasteiger partial charge >= 0.3 is 0 Å². The fourth-order valence-electron chi connectivity index (χ4n) is 1.92. The van der Waals surface area contributed by atoms with Crippen LogP contribution >= 0.6 is 11.6 Å². The van der Waals surface area contributed by atoms with Crippen LogP contribution in [0.1, 0.15) is 45.2 Å². The van der Waals surface area contributed by atoms with Crippen molar-refractivity contribution < 1.29 is 8.42 Å². The molecule has 0 spiro atoms. The maximum atomic E-state index is 12.6. The van der Waals surface area contributed by atoms with Gasteiger partial charge in [-0.25, -0.2) is 13.1 Å². The first-order valence-corrected chi connectivity index (χ1v) is 9.02. The molecule has 0 aromatic heterocycles. The van der Waals surface area contributed by atoms with E-state index in [2.05, 4.69) is 10.0 Å². The van der Waals surface area contributed by atoms with Gasteiger partial charge < -0.3 is 5.32 Å². The molecule has 0 bridgehead atoms. The van der Waals surface area contributed by atoms with E-state index in [-0.39, 0.29) is 4.90 Å². The Hall–Kier alpha value is -0.620. The highest BCUT2D eigenvalue weighted by Gasteiger charge is 2.26. The number of hydrogen-bond acceptors (Lipinski definition) is 3. The van der Waals surface area contributed by atoms with E-state index >= 15 is 0 Å². The largest absolute Gasteiger partial charge is 0.313 e. The highest BCUT2D eigenvalue weighted by atomic mass is 35.5. The summed E-state index contributed by atoms with van der Waals surface area (Å²) in [7, 11) is -3.59. The third-order valence-electron chi connectivity index (χ3n) is 3.58. The topological polar surface area (TPSA) is 58.2 Å². The average molecular weight is 333 g/mol. The van der Waals surface area contributed by atoms with E-state index in [1.165, 1.54) is 6.07 Å². The van der Waals surface area contributed by atoms with Crippen LogP contribution in [0.3, 0.4) is 0 Å². The number of nitrogens with one attached hydrogen (secondary N) is 2. The zero-order chi connectivity index (χ0) is 16.3. The summed E-state index contributed by atoms with van der Waals surface area (Å²) in [5.74, 6) is 0. The smallest absolute Gasteiger partial charge is 0.241 e. The van der Waals surface area contributed by atoms with Crippen molar-refractivity contribution in [1.29, 1.82) is 0 Å². The van der Waals surface area contributed by atoms with Crippen molar-refractivity contribution >= 4 is 21.6 Å². The van der Waals surface area contributed by atoms with E-state index in [1.54, 1.807) is 0 Å². The lowest BCUT2D eigenvalue weighted by Crippen LogP contribution is -2.42. The number of hydrogen-bond donors (Lipinski definition) is 2. The molecule has 0 saturated heterocycles. The van der Waals surface area contributed by atoms with Crippen molar-refractivity contribution in [3.63, 3.8) is 0 Å². The van der Waals surface area contributed by atoms with E-state index in [0.29, 0.717) is 18.0 Å². The maximum Gasteiger partial charge on any atom is 0.241 e. The first-order chi connectivity index (χ1) is 9.63. The second-order valence-corrected chi connectivity index (χ2v) is 7.90. The predicted octanol–water partition coefficient (Wildman–Crippen LogP) is 3.22. The Morgan fingerprint density at radius 3 is 2.38 bits per heavy atom. The highest BCUT2D eigenvalue weighted by Crippen LogP contribution is 2.26. The molecule has 4 nitrogen and oxygen atoms in total. The van der Waals surface area contributed by atoms with Crippen molar-refractivity contribution in [2.45, 2.75) is 58.0 Å². The van der Waals surface area contributed by atoms with Crippen LogP contribution < -0.4 is 10.0 Å². The van der Waals surface area contributed by atoms with Gasteiger partial charge in [-0.3, -0.25) is 0 Å². The summed E-state index contributed by atoms with van der Waals surface area (Å²) in [5, 5.41) is 3.63. The monoisotopic (exact) mass is 332 g/mol. The summed E-state index contributed by atoms with van der Waals surface area (Å²) >= 11 is 6.09. The van der Waals surface area contributed by atoms with Crippen LogP contribution in [-0.4, -0.2) is 20.5 Å².